The van der Waals surface area contributed by atoms with E-state index in [1.54, 1.807) is 13.0 Å². The van der Waals surface area contributed by atoms with E-state index in [2.05, 4.69) is 4.74 Å². The van der Waals surface area contributed by atoms with E-state index in [1.807, 2.05) is 27.7 Å². The van der Waals surface area contributed by atoms with Crippen LogP contribution in [0.4, 0.5) is 0 Å². The van der Waals surface area contributed by atoms with E-state index < -0.39 is 24.3 Å². The van der Waals surface area contributed by atoms with Crippen LogP contribution in [-0.2, 0) is 18.8 Å². The molecule has 1 saturated heterocycles. The third-order valence-corrected chi connectivity index (χ3v) is 3.24. The van der Waals surface area contributed by atoms with Gasteiger partial charge in [0.2, 0.25) is 0 Å². The molecular weight excluding hydrogens is 207 g/mol. The van der Waals surface area contributed by atoms with E-state index in [-0.39, 0.29) is 0 Å². The lowest BCUT2D eigenvalue weighted by Crippen LogP contribution is -2.41. The Hall–Kier alpha value is -0.805. The molecule has 0 aromatic carbocycles. The first-order chi connectivity index (χ1) is 7.25. The number of hydrogen-bond donors (Lipinski definition) is 0. The fourth-order valence-corrected chi connectivity index (χ4v) is 1.44. The summed E-state index contributed by atoms with van der Waals surface area (Å²) >= 11 is 0. The molecule has 1 aliphatic heterocycles. The molecule has 1 heterocycles. The Morgan fingerprint density at radius 3 is 1.94 bits per heavy atom. The standard InChI is InChI=1S/C11H19BO4/c1-7-8(9(13)14-6)12-15-10(2,3)11(4,5)16-12/h7H,1-6H3/b8-7-. The van der Waals surface area contributed by atoms with Gasteiger partial charge < -0.3 is 14.0 Å². The van der Waals surface area contributed by atoms with Gasteiger partial charge in [0.25, 0.3) is 0 Å². The van der Waals surface area contributed by atoms with Gasteiger partial charge in [0.15, 0.2) is 0 Å². The molecule has 1 fully saturated rings. The summed E-state index contributed by atoms with van der Waals surface area (Å²) in [7, 11) is 0.694. The molecule has 0 saturated carbocycles. The van der Waals surface area contributed by atoms with Crippen molar-refractivity contribution in [2.24, 2.45) is 0 Å². The first-order valence-corrected chi connectivity index (χ1v) is 5.35. The fourth-order valence-electron chi connectivity index (χ4n) is 1.44. The largest absolute Gasteiger partial charge is 0.501 e. The van der Waals surface area contributed by atoms with Crippen LogP contribution in [0.3, 0.4) is 0 Å². The lowest BCUT2D eigenvalue weighted by Gasteiger charge is -2.32. The van der Waals surface area contributed by atoms with Gasteiger partial charge in [-0.3, -0.25) is 0 Å². The van der Waals surface area contributed by atoms with Gasteiger partial charge in [-0.1, -0.05) is 6.08 Å². The Labute approximate surface area is 97.1 Å². The Morgan fingerprint density at radius 1 is 1.19 bits per heavy atom. The minimum Gasteiger partial charge on any atom is -0.466 e. The van der Waals surface area contributed by atoms with Gasteiger partial charge in [-0.25, -0.2) is 4.79 Å². The van der Waals surface area contributed by atoms with Gasteiger partial charge in [-0.15, -0.1) is 0 Å². The third kappa shape index (κ3) is 2.15. The summed E-state index contributed by atoms with van der Waals surface area (Å²) in [6.45, 7) is 9.53. The van der Waals surface area contributed by atoms with Gasteiger partial charge >= 0.3 is 13.1 Å². The predicted octanol–water partition coefficient (Wildman–Crippen LogP) is 1.74. The number of ether oxygens (including phenoxy) is 1. The van der Waals surface area contributed by atoms with E-state index in [0.29, 0.717) is 5.47 Å². The summed E-state index contributed by atoms with van der Waals surface area (Å²) in [4.78, 5) is 11.5. The molecule has 0 aliphatic carbocycles. The van der Waals surface area contributed by atoms with E-state index in [9.17, 15) is 4.79 Å². The summed E-state index contributed by atoms with van der Waals surface area (Å²) in [5.74, 6) is -0.416. The van der Waals surface area contributed by atoms with Crippen LogP contribution in [0.2, 0.25) is 0 Å². The van der Waals surface area contributed by atoms with E-state index >= 15 is 0 Å². The Balaban J connectivity index is 2.91. The van der Waals surface area contributed by atoms with Gasteiger partial charge in [0.1, 0.15) is 0 Å². The minimum absolute atomic E-state index is 0.404. The molecule has 5 heteroatoms. The zero-order valence-corrected chi connectivity index (χ0v) is 10.8. The summed E-state index contributed by atoms with van der Waals surface area (Å²) < 4.78 is 16.2. The normalized spacial score (nSPS) is 23.4. The second-order valence-corrected chi connectivity index (χ2v) is 4.82. The Morgan fingerprint density at radius 2 is 1.62 bits per heavy atom. The average Bonchev–Trinajstić information content (AvgIpc) is 2.36. The SMILES string of the molecule is C/C=C(\B1OC(C)(C)C(C)(C)O1)C(=O)OC. The number of hydrogen-bond acceptors (Lipinski definition) is 4. The quantitative estimate of drug-likeness (QED) is 0.408. The second kappa shape index (κ2) is 4.22. The average molecular weight is 226 g/mol. The van der Waals surface area contributed by atoms with Crippen LogP contribution in [0.5, 0.6) is 0 Å². The number of carbonyl (C=O) groups is 1. The number of esters is 1. The third-order valence-electron chi connectivity index (χ3n) is 3.24. The highest BCUT2D eigenvalue weighted by molar-refractivity contribution is 6.61. The lowest BCUT2D eigenvalue weighted by atomic mass is 9.78. The van der Waals surface area contributed by atoms with E-state index in [1.165, 1.54) is 7.11 Å². The summed E-state index contributed by atoms with van der Waals surface area (Å²) in [5.41, 5.74) is -0.485. The van der Waals surface area contributed by atoms with Crippen molar-refractivity contribution in [3.63, 3.8) is 0 Å². The molecule has 0 radical (unpaired) electrons. The Kier molecular flexibility index (Phi) is 3.50. The zero-order valence-electron chi connectivity index (χ0n) is 10.8. The maximum absolute atomic E-state index is 11.5. The highest BCUT2D eigenvalue weighted by Gasteiger charge is 2.53. The number of methoxy groups -OCH3 is 1. The van der Waals surface area contributed by atoms with Crippen molar-refractivity contribution in [2.45, 2.75) is 45.8 Å². The Bertz CT molecular complexity index is 304. The molecule has 0 spiro atoms. The van der Waals surface area contributed by atoms with Gasteiger partial charge in [-0.2, -0.15) is 0 Å². The molecule has 0 amide bonds. The lowest BCUT2D eigenvalue weighted by molar-refractivity contribution is -0.135. The van der Waals surface area contributed by atoms with E-state index in [0.717, 1.165) is 0 Å². The van der Waals surface area contributed by atoms with Crippen LogP contribution in [0.15, 0.2) is 11.5 Å². The topological polar surface area (TPSA) is 44.8 Å². The molecule has 4 nitrogen and oxygen atoms in total. The number of rotatable bonds is 2. The maximum atomic E-state index is 11.5. The van der Waals surface area contributed by atoms with Crippen molar-refractivity contribution >= 4 is 13.1 Å². The molecule has 0 N–H and O–H groups in total. The van der Waals surface area contributed by atoms with Crippen LogP contribution < -0.4 is 0 Å². The van der Waals surface area contributed by atoms with Crippen molar-refractivity contribution in [1.82, 2.24) is 0 Å². The summed E-state index contributed by atoms with van der Waals surface area (Å²) in [6.07, 6.45) is 1.66. The highest BCUT2D eigenvalue weighted by atomic mass is 16.7. The molecule has 16 heavy (non-hydrogen) atoms. The van der Waals surface area contributed by atoms with Crippen LogP contribution >= 0.6 is 0 Å². The van der Waals surface area contributed by atoms with Crippen molar-refractivity contribution < 1.29 is 18.8 Å². The second-order valence-electron chi connectivity index (χ2n) is 4.82. The molecule has 0 unspecified atom stereocenters. The fraction of sp³-hybridized carbons (Fsp3) is 0.727. The van der Waals surface area contributed by atoms with E-state index in [4.69, 9.17) is 9.31 Å². The summed E-state index contributed by atoms with van der Waals surface area (Å²) in [6, 6.07) is 0. The predicted molar refractivity (Wildman–Crippen MR) is 61.9 cm³/mol. The molecule has 0 aromatic heterocycles. The molecule has 1 rings (SSSR count). The number of allylic oxidation sites excluding steroid dienone is 1. The molecule has 0 atom stereocenters. The van der Waals surface area contributed by atoms with Crippen molar-refractivity contribution in [3.8, 4) is 0 Å². The molecular formula is C11H19BO4. The van der Waals surface area contributed by atoms with Crippen molar-refractivity contribution in [1.29, 1.82) is 0 Å². The van der Waals surface area contributed by atoms with Crippen LogP contribution in [-0.4, -0.2) is 31.4 Å². The smallest absolute Gasteiger partial charge is 0.466 e. The minimum atomic E-state index is -0.651. The monoisotopic (exact) mass is 226 g/mol. The summed E-state index contributed by atoms with van der Waals surface area (Å²) in [5, 5.41) is 0. The molecule has 0 aromatic rings. The first-order valence-electron chi connectivity index (χ1n) is 5.35. The molecule has 90 valence electrons. The number of carbonyl (C=O) groups excluding carboxylic acids is 1. The van der Waals surface area contributed by atoms with Crippen molar-refractivity contribution in [2.75, 3.05) is 7.11 Å². The highest BCUT2D eigenvalue weighted by Crippen LogP contribution is 2.38. The van der Waals surface area contributed by atoms with Crippen molar-refractivity contribution in [3.05, 3.63) is 11.5 Å². The van der Waals surface area contributed by atoms with Crippen LogP contribution in [0.1, 0.15) is 34.6 Å². The zero-order chi connectivity index (χ0) is 12.6. The van der Waals surface area contributed by atoms with Gasteiger partial charge in [-0.05, 0) is 34.6 Å². The molecule has 1 aliphatic rings. The van der Waals surface area contributed by atoms with Gasteiger partial charge in [0.05, 0.1) is 23.8 Å². The van der Waals surface area contributed by atoms with Crippen LogP contribution in [0.25, 0.3) is 0 Å². The van der Waals surface area contributed by atoms with Crippen LogP contribution in [0, 0.1) is 0 Å². The molecule has 0 bridgehead atoms. The maximum Gasteiger partial charge on any atom is 0.501 e. The van der Waals surface area contributed by atoms with Gasteiger partial charge in [0, 0.05) is 0 Å². The first kappa shape index (κ1) is 13.3.